The summed E-state index contributed by atoms with van der Waals surface area (Å²) in [6.45, 7) is 8.15. The van der Waals surface area contributed by atoms with E-state index in [1.165, 1.54) is 11.1 Å². The van der Waals surface area contributed by atoms with Gasteiger partial charge < -0.3 is 9.47 Å². The van der Waals surface area contributed by atoms with Crippen molar-refractivity contribution >= 4 is 50.0 Å². The molecule has 0 unspecified atom stereocenters. The number of aryl methyl sites for hydroxylation is 1. The molecule has 7 rings (SSSR count). The van der Waals surface area contributed by atoms with E-state index in [4.69, 9.17) is 26.1 Å². The predicted molar refractivity (Wildman–Crippen MR) is 168 cm³/mol. The Kier molecular flexibility index (Phi) is 7.48. The molecule has 7 nitrogen and oxygen atoms in total. The highest BCUT2D eigenvalue weighted by molar-refractivity contribution is 7.22. The number of rotatable bonds is 7. The Balaban J connectivity index is 1.27. The summed E-state index contributed by atoms with van der Waals surface area (Å²) in [6, 6.07) is 16.9. The highest BCUT2D eigenvalue weighted by Crippen LogP contribution is 2.42. The summed E-state index contributed by atoms with van der Waals surface area (Å²) in [5.74, 6) is 0.229. The first kappa shape index (κ1) is 27.5. The Morgan fingerprint density at radius 2 is 1.86 bits per heavy atom. The molecule has 3 aromatic carbocycles. The van der Waals surface area contributed by atoms with E-state index in [2.05, 4.69) is 39.4 Å². The molecule has 1 N–H and O–H groups in total. The molecule has 2 aliphatic heterocycles. The van der Waals surface area contributed by atoms with Crippen LogP contribution in [0.1, 0.15) is 42.5 Å². The van der Waals surface area contributed by atoms with Gasteiger partial charge in [0.15, 0.2) is 0 Å². The van der Waals surface area contributed by atoms with E-state index < -0.39 is 0 Å². The van der Waals surface area contributed by atoms with Gasteiger partial charge in [-0.25, -0.2) is 4.98 Å². The summed E-state index contributed by atoms with van der Waals surface area (Å²) in [5, 5.41) is 10.8. The van der Waals surface area contributed by atoms with Crippen LogP contribution in [0.25, 0.3) is 42.8 Å². The number of fused-ring (bicyclic) bond motifs is 2. The zero-order valence-corrected chi connectivity index (χ0v) is 25.4. The van der Waals surface area contributed by atoms with Crippen LogP contribution in [-0.2, 0) is 20.7 Å². The van der Waals surface area contributed by atoms with Crippen molar-refractivity contribution < 1.29 is 14.3 Å². The fraction of sp³-hybridized carbons (Fsp3) is 0.364. The van der Waals surface area contributed by atoms with Gasteiger partial charge in [-0.3, -0.25) is 14.8 Å². The third-order valence-electron chi connectivity index (χ3n) is 8.68. The summed E-state index contributed by atoms with van der Waals surface area (Å²) < 4.78 is 11.8. The molecule has 2 aromatic heterocycles. The monoisotopic (exact) mass is 600 g/mol. The zero-order chi connectivity index (χ0) is 28.8. The Bertz CT molecular complexity index is 1770. The van der Waals surface area contributed by atoms with Gasteiger partial charge in [0, 0.05) is 33.1 Å². The Morgan fingerprint density at radius 3 is 2.57 bits per heavy atom. The van der Waals surface area contributed by atoms with Crippen molar-refractivity contribution in [2.75, 3.05) is 32.9 Å². The molecule has 0 amide bonds. The van der Waals surface area contributed by atoms with Gasteiger partial charge in [0.2, 0.25) is 0 Å². The van der Waals surface area contributed by atoms with Gasteiger partial charge in [0.1, 0.15) is 5.01 Å². The van der Waals surface area contributed by atoms with Crippen LogP contribution < -0.4 is 0 Å². The average molecular weight is 601 g/mol. The molecule has 5 aromatic rings. The molecular formula is C33H33ClN4O3S. The number of hydrogen-bond acceptors (Lipinski definition) is 7. The van der Waals surface area contributed by atoms with Crippen LogP contribution in [0.15, 0.2) is 48.5 Å². The number of aromatic nitrogens is 3. The lowest BCUT2D eigenvalue weighted by Crippen LogP contribution is -2.51. The first-order valence-electron chi connectivity index (χ1n) is 14.6. The van der Waals surface area contributed by atoms with E-state index in [0.717, 1.165) is 87.7 Å². The summed E-state index contributed by atoms with van der Waals surface area (Å²) in [5.41, 5.74) is 8.22. The van der Waals surface area contributed by atoms with Crippen LogP contribution in [0.2, 0.25) is 5.02 Å². The molecule has 0 spiro atoms. The molecule has 0 aliphatic carbocycles. The number of halogens is 1. The summed E-state index contributed by atoms with van der Waals surface area (Å²) in [6.07, 6.45) is 2.44. The Hall–Kier alpha value is -3.30. The lowest BCUT2D eigenvalue weighted by Gasteiger charge is -2.41. The molecule has 2 saturated heterocycles. The minimum atomic E-state index is -0.232. The van der Waals surface area contributed by atoms with Gasteiger partial charge >= 0.3 is 5.97 Å². The van der Waals surface area contributed by atoms with Gasteiger partial charge in [-0.05, 0) is 92.9 Å². The first-order valence-corrected chi connectivity index (χ1v) is 15.8. The third kappa shape index (κ3) is 5.11. The number of H-pyrrole nitrogens is 1. The minimum Gasteiger partial charge on any atom is -0.466 e. The molecular weight excluding hydrogens is 568 g/mol. The second-order valence-electron chi connectivity index (χ2n) is 11.3. The fourth-order valence-electron chi connectivity index (χ4n) is 6.33. The van der Waals surface area contributed by atoms with Gasteiger partial charge in [-0.15, -0.1) is 11.3 Å². The fourth-order valence-corrected chi connectivity index (χ4v) is 7.59. The van der Waals surface area contributed by atoms with Gasteiger partial charge in [0.05, 0.1) is 48.0 Å². The normalized spacial score (nSPS) is 16.7. The number of aromatic amines is 1. The number of ether oxygens (including phenoxy) is 2. The maximum Gasteiger partial charge on any atom is 0.310 e. The number of likely N-dealkylation sites (tertiary alicyclic amines) is 1. The number of esters is 1. The molecule has 42 heavy (non-hydrogen) atoms. The van der Waals surface area contributed by atoms with Gasteiger partial charge in [0.25, 0.3) is 0 Å². The maximum absolute atomic E-state index is 12.6. The molecule has 0 saturated carbocycles. The number of carbonyl (C=O) groups is 1. The van der Waals surface area contributed by atoms with Crippen molar-refractivity contribution in [3.63, 3.8) is 0 Å². The highest BCUT2D eigenvalue weighted by atomic mass is 35.5. The van der Waals surface area contributed by atoms with Gasteiger partial charge in [-0.1, -0.05) is 23.7 Å². The second-order valence-corrected chi connectivity index (χ2v) is 12.7. The number of benzene rings is 3. The van der Waals surface area contributed by atoms with Crippen molar-refractivity contribution in [1.82, 2.24) is 20.1 Å². The number of nitrogens with one attached hydrogen (secondary N) is 1. The largest absolute Gasteiger partial charge is 0.466 e. The second kappa shape index (κ2) is 11.4. The van der Waals surface area contributed by atoms with Crippen molar-refractivity contribution in [3.05, 3.63) is 70.4 Å². The standard InChI is InChI=1S/C33H33ClN4O3S/c1-3-41-29(39)16-25-19(2)14-28-32(30(25)20-4-7-23(34)8-5-20)42-33(35-28)22-6-9-27-26(15-22)31(37-36-27)21-10-12-38(13-11-21)24-17-40-18-24/h4-9,14-15,21,24H,3,10-13,16-18H2,1-2H3,(H,36,37). The van der Waals surface area contributed by atoms with E-state index in [0.29, 0.717) is 23.6 Å². The molecule has 0 radical (unpaired) electrons. The molecule has 9 heteroatoms. The number of hydrogen-bond donors (Lipinski definition) is 1. The summed E-state index contributed by atoms with van der Waals surface area (Å²) in [7, 11) is 0. The number of carbonyl (C=O) groups excluding carboxylic acids is 1. The van der Waals surface area contributed by atoms with Crippen LogP contribution >= 0.6 is 22.9 Å². The molecule has 216 valence electrons. The molecule has 2 aliphatic rings. The summed E-state index contributed by atoms with van der Waals surface area (Å²) >= 11 is 7.90. The quantitative estimate of drug-likeness (QED) is 0.200. The van der Waals surface area contributed by atoms with Crippen LogP contribution in [0.3, 0.4) is 0 Å². The van der Waals surface area contributed by atoms with Crippen LogP contribution in [-0.4, -0.2) is 65.0 Å². The third-order valence-corrected chi connectivity index (χ3v) is 10.1. The molecule has 0 bridgehead atoms. The van der Waals surface area contributed by atoms with Gasteiger partial charge in [-0.2, -0.15) is 5.10 Å². The number of thiazole rings is 1. The van der Waals surface area contributed by atoms with Crippen LogP contribution in [0.4, 0.5) is 0 Å². The smallest absolute Gasteiger partial charge is 0.310 e. The van der Waals surface area contributed by atoms with Crippen molar-refractivity contribution in [2.45, 2.75) is 45.1 Å². The highest BCUT2D eigenvalue weighted by Gasteiger charge is 2.31. The van der Waals surface area contributed by atoms with E-state index in [9.17, 15) is 4.79 Å². The molecule has 2 fully saturated rings. The van der Waals surface area contributed by atoms with E-state index in [1.54, 1.807) is 11.3 Å². The van der Waals surface area contributed by atoms with Crippen molar-refractivity contribution in [2.24, 2.45) is 0 Å². The van der Waals surface area contributed by atoms with Crippen LogP contribution in [0.5, 0.6) is 0 Å². The minimum absolute atomic E-state index is 0.206. The number of nitrogens with zero attached hydrogens (tertiary/aromatic N) is 3. The van der Waals surface area contributed by atoms with E-state index in [1.807, 2.05) is 38.1 Å². The maximum atomic E-state index is 12.6. The Morgan fingerprint density at radius 1 is 1.10 bits per heavy atom. The Labute approximate surface area is 253 Å². The van der Waals surface area contributed by atoms with Crippen molar-refractivity contribution in [3.8, 4) is 21.7 Å². The van der Waals surface area contributed by atoms with E-state index >= 15 is 0 Å². The topological polar surface area (TPSA) is 80.3 Å². The SMILES string of the molecule is CCOC(=O)Cc1c(C)cc2nc(-c3ccc4n[nH]c(C5CCN(C6COC6)CC5)c4c3)sc2c1-c1ccc(Cl)cc1. The lowest BCUT2D eigenvalue weighted by molar-refractivity contribution is -0.142. The zero-order valence-electron chi connectivity index (χ0n) is 23.8. The first-order chi connectivity index (χ1) is 20.5. The number of piperidine rings is 1. The summed E-state index contributed by atoms with van der Waals surface area (Å²) in [4.78, 5) is 20.3. The van der Waals surface area contributed by atoms with Crippen LogP contribution in [0, 0.1) is 6.92 Å². The average Bonchev–Trinajstić information content (AvgIpc) is 3.58. The van der Waals surface area contributed by atoms with E-state index in [-0.39, 0.29) is 12.4 Å². The predicted octanol–water partition coefficient (Wildman–Crippen LogP) is 7.15. The lowest BCUT2D eigenvalue weighted by atomic mass is 9.90. The molecule has 0 atom stereocenters. The molecule has 4 heterocycles. The van der Waals surface area contributed by atoms with Crippen molar-refractivity contribution in [1.29, 1.82) is 0 Å².